The SMILES string of the molecule is COc1ccc([C@H]2CCCCCN2C(=O)[C@H]2CC(=O)N(C3CCCC3)C2)cc1. The van der Waals surface area contributed by atoms with Gasteiger partial charge in [-0.15, -0.1) is 0 Å². The number of nitrogens with zero attached hydrogens (tertiary/aromatic N) is 2. The fraction of sp³-hybridized carbons (Fsp3) is 0.652. The summed E-state index contributed by atoms with van der Waals surface area (Å²) in [4.78, 5) is 30.2. The van der Waals surface area contributed by atoms with Crippen LogP contribution in [0.5, 0.6) is 5.75 Å². The van der Waals surface area contributed by atoms with Crippen LogP contribution in [0.4, 0.5) is 0 Å². The fourth-order valence-electron chi connectivity index (χ4n) is 5.25. The number of benzene rings is 1. The number of methoxy groups -OCH3 is 1. The molecule has 0 spiro atoms. The number of carbonyl (C=O) groups is 2. The highest BCUT2D eigenvalue weighted by atomic mass is 16.5. The summed E-state index contributed by atoms with van der Waals surface area (Å²) in [7, 11) is 1.67. The molecule has 2 amide bonds. The van der Waals surface area contributed by atoms with E-state index in [4.69, 9.17) is 4.74 Å². The minimum absolute atomic E-state index is 0.108. The van der Waals surface area contributed by atoms with Crippen LogP contribution >= 0.6 is 0 Å². The van der Waals surface area contributed by atoms with E-state index in [1.54, 1.807) is 7.11 Å². The molecule has 5 nitrogen and oxygen atoms in total. The van der Waals surface area contributed by atoms with Gasteiger partial charge in [0.2, 0.25) is 11.8 Å². The van der Waals surface area contributed by atoms with E-state index in [2.05, 4.69) is 17.0 Å². The summed E-state index contributed by atoms with van der Waals surface area (Å²) in [5.41, 5.74) is 1.17. The standard InChI is InChI=1S/C23H32N2O3/c1-28-20-12-10-17(11-13-20)21-9-3-2-6-14-24(21)23(27)18-15-22(26)25(16-18)19-7-4-5-8-19/h10-13,18-19,21H,2-9,14-16H2,1H3/t18-,21+/m0/s1. The second kappa shape index (κ2) is 8.54. The lowest BCUT2D eigenvalue weighted by Gasteiger charge is -2.33. The van der Waals surface area contributed by atoms with Gasteiger partial charge in [0.05, 0.1) is 19.1 Å². The summed E-state index contributed by atoms with van der Waals surface area (Å²) in [6.45, 7) is 1.41. The van der Waals surface area contributed by atoms with Crippen molar-refractivity contribution < 1.29 is 14.3 Å². The van der Waals surface area contributed by atoms with Crippen LogP contribution in [0.25, 0.3) is 0 Å². The van der Waals surface area contributed by atoms with Crippen molar-refractivity contribution in [3.05, 3.63) is 29.8 Å². The Morgan fingerprint density at radius 1 is 1.00 bits per heavy atom. The lowest BCUT2D eigenvalue weighted by atomic mass is 9.98. The van der Waals surface area contributed by atoms with Crippen LogP contribution in [0.2, 0.25) is 0 Å². The molecule has 2 aliphatic heterocycles. The van der Waals surface area contributed by atoms with E-state index in [0.29, 0.717) is 19.0 Å². The van der Waals surface area contributed by atoms with Crippen molar-refractivity contribution in [2.75, 3.05) is 20.2 Å². The Morgan fingerprint density at radius 3 is 2.43 bits per heavy atom. The highest BCUT2D eigenvalue weighted by Gasteiger charge is 2.41. The molecule has 0 bridgehead atoms. The first-order chi connectivity index (χ1) is 13.7. The van der Waals surface area contributed by atoms with Crippen molar-refractivity contribution in [3.8, 4) is 5.75 Å². The Hall–Kier alpha value is -2.04. The third-order valence-electron chi connectivity index (χ3n) is 6.81. The van der Waals surface area contributed by atoms with Crippen LogP contribution in [-0.2, 0) is 9.59 Å². The molecule has 1 aromatic carbocycles. The lowest BCUT2D eigenvalue weighted by Crippen LogP contribution is -2.41. The smallest absolute Gasteiger partial charge is 0.228 e. The zero-order valence-corrected chi connectivity index (χ0v) is 16.9. The van der Waals surface area contributed by atoms with Crippen LogP contribution in [-0.4, -0.2) is 47.9 Å². The molecule has 2 atom stereocenters. The van der Waals surface area contributed by atoms with Gasteiger partial charge < -0.3 is 14.5 Å². The van der Waals surface area contributed by atoms with E-state index in [1.807, 2.05) is 17.0 Å². The molecule has 1 aliphatic carbocycles. The second-order valence-electron chi connectivity index (χ2n) is 8.56. The molecule has 3 aliphatic rings. The number of carbonyl (C=O) groups excluding carboxylic acids is 2. The number of hydrogen-bond acceptors (Lipinski definition) is 3. The Kier molecular flexibility index (Phi) is 5.88. The van der Waals surface area contributed by atoms with Gasteiger partial charge in [-0.2, -0.15) is 0 Å². The molecule has 1 saturated carbocycles. The van der Waals surface area contributed by atoms with Gasteiger partial charge in [-0.1, -0.05) is 37.8 Å². The van der Waals surface area contributed by atoms with Gasteiger partial charge in [0, 0.05) is 25.6 Å². The van der Waals surface area contributed by atoms with Crippen LogP contribution in [0.3, 0.4) is 0 Å². The van der Waals surface area contributed by atoms with E-state index >= 15 is 0 Å². The summed E-state index contributed by atoms with van der Waals surface area (Å²) in [5, 5.41) is 0. The average Bonchev–Trinajstić information content (AvgIpc) is 3.31. The molecule has 0 aromatic heterocycles. The normalized spacial score (nSPS) is 26.5. The number of amides is 2. The van der Waals surface area contributed by atoms with E-state index in [1.165, 1.54) is 18.4 Å². The Bertz CT molecular complexity index is 696. The Labute approximate surface area is 168 Å². The maximum Gasteiger partial charge on any atom is 0.228 e. The van der Waals surface area contributed by atoms with Gasteiger partial charge >= 0.3 is 0 Å². The van der Waals surface area contributed by atoms with Gasteiger partial charge in [-0.3, -0.25) is 9.59 Å². The summed E-state index contributed by atoms with van der Waals surface area (Å²) in [5.74, 6) is 1.02. The third-order valence-corrected chi connectivity index (χ3v) is 6.81. The molecule has 152 valence electrons. The van der Waals surface area contributed by atoms with Crippen molar-refractivity contribution in [2.45, 2.75) is 69.9 Å². The Balaban J connectivity index is 1.50. The van der Waals surface area contributed by atoms with E-state index in [9.17, 15) is 9.59 Å². The molecule has 1 aromatic rings. The lowest BCUT2D eigenvalue weighted by molar-refractivity contribution is -0.138. The molecule has 3 fully saturated rings. The van der Waals surface area contributed by atoms with Gasteiger partial charge in [0.15, 0.2) is 0 Å². The van der Waals surface area contributed by atoms with Crippen molar-refractivity contribution >= 4 is 11.8 Å². The van der Waals surface area contributed by atoms with Gasteiger partial charge in [0.1, 0.15) is 5.75 Å². The predicted molar refractivity (Wildman–Crippen MR) is 108 cm³/mol. The Morgan fingerprint density at radius 2 is 1.71 bits per heavy atom. The molecular formula is C23H32N2O3. The fourth-order valence-corrected chi connectivity index (χ4v) is 5.25. The average molecular weight is 385 g/mol. The van der Waals surface area contributed by atoms with Crippen LogP contribution in [0.1, 0.15) is 69.4 Å². The zero-order chi connectivity index (χ0) is 19.5. The predicted octanol–water partition coefficient (Wildman–Crippen LogP) is 3.93. The van der Waals surface area contributed by atoms with Crippen molar-refractivity contribution in [2.24, 2.45) is 5.92 Å². The van der Waals surface area contributed by atoms with Gasteiger partial charge in [0.25, 0.3) is 0 Å². The maximum atomic E-state index is 13.5. The summed E-state index contributed by atoms with van der Waals surface area (Å²) in [6, 6.07) is 8.59. The molecule has 4 rings (SSSR count). The summed E-state index contributed by atoms with van der Waals surface area (Å²) >= 11 is 0. The molecular weight excluding hydrogens is 352 g/mol. The van der Waals surface area contributed by atoms with Crippen molar-refractivity contribution in [3.63, 3.8) is 0 Å². The molecule has 0 radical (unpaired) electrons. The van der Waals surface area contributed by atoms with Gasteiger partial charge in [-0.25, -0.2) is 0 Å². The quantitative estimate of drug-likeness (QED) is 0.790. The summed E-state index contributed by atoms with van der Waals surface area (Å²) < 4.78 is 5.29. The number of rotatable bonds is 4. The largest absolute Gasteiger partial charge is 0.497 e. The monoisotopic (exact) mass is 384 g/mol. The first-order valence-corrected chi connectivity index (χ1v) is 10.9. The molecule has 28 heavy (non-hydrogen) atoms. The van der Waals surface area contributed by atoms with Crippen LogP contribution < -0.4 is 4.74 Å². The molecule has 0 unspecified atom stereocenters. The minimum Gasteiger partial charge on any atom is -0.497 e. The summed E-state index contributed by atoms with van der Waals surface area (Å²) in [6.07, 6.45) is 9.34. The number of ether oxygens (including phenoxy) is 1. The van der Waals surface area contributed by atoms with E-state index < -0.39 is 0 Å². The highest BCUT2D eigenvalue weighted by Crippen LogP contribution is 2.35. The van der Waals surface area contributed by atoms with Crippen LogP contribution in [0.15, 0.2) is 24.3 Å². The van der Waals surface area contributed by atoms with Gasteiger partial charge in [-0.05, 0) is 43.4 Å². The highest BCUT2D eigenvalue weighted by molar-refractivity contribution is 5.89. The van der Waals surface area contributed by atoms with Crippen molar-refractivity contribution in [1.82, 2.24) is 9.80 Å². The molecule has 0 N–H and O–H groups in total. The topological polar surface area (TPSA) is 49.9 Å². The maximum absolute atomic E-state index is 13.5. The van der Waals surface area contributed by atoms with Crippen molar-refractivity contribution in [1.29, 1.82) is 0 Å². The molecule has 5 heteroatoms. The van der Waals surface area contributed by atoms with E-state index in [0.717, 1.165) is 50.8 Å². The first kappa shape index (κ1) is 19.3. The number of hydrogen-bond donors (Lipinski definition) is 0. The molecule has 2 heterocycles. The van der Waals surface area contributed by atoms with E-state index in [-0.39, 0.29) is 23.8 Å². The second-order valence-corrected chi connectivity index (χ2v) is 8.56. The minimum atomic E-state index is -0.174. The first-order valence-electron chi connectivity index (χ1n) is 10.9. The number of likely N-dealkylation sites (tertiary alicyclic amines) is 2. The van der Waals surface area contributed by atoms with Crippen LogP contribution in [0, 0.1) is 5.92 Å². The zero-order valence-electron chi connectivity index (χ0n) is 16.9. The third kappa shape index (κ3) is 3.89. The molecule has 2 saturated heterocycles.